The van der Waals surface area contributed by atoms with Crippen LogP contribution < -0.4 is 20.1 Å². The zero-order valence-corrected chi connectivity index (χ0v) is 16.1. The molecule has 0 aliphatic carbocycles. The summed E-state index contributed by atoms with van der Waals surface area (Å²) in [5, 5.41) is 6.27. The van der Waals surface area contributed by atoms with Crippen molar-refractivity contribution < 1.29 is 14.3 Å². The summed E-state index contributed by atoms with van der Waals surface area (Å²) in [7, 11) is 3.16. The number of rotatable bonds is 7. The summed E-state index contributed by atoms with van der Waals surface area (Å²) in [5.41, 5.74) is 1.77. The zero-order valence-electron chi connectivity index (χ0n) is 16.1. The highest BCUT2D eigenvalue weighted by Crippen LogP contribution is 2.32. The standard InChI is InChI=1S/C21H28N2O3/c1-21(2,3)20(15-9-7-6-8-10-15)22-14-19(24)23-16-11-17(25-4)13-18(12-16)26-5/h6-13,20,22H,14H2,1-5H3,(H,23,24). The third kappa shape index (κ3) is 5.49. The van der Waals surface area contributed by atoms with Crippen molar-refractivity contribution in [2.24, 2.45) is 5.41 Å². The molecule has 26 heavy (non-hydrogen) atoms. The lowest BCUT2D eigenvalue weighted by Crippen LogP contribution is -2.37. The van der Waals surface area contributed by atoms with Gasteiger partial charge in [0, 0.05) is 29.9 Å². The number of methoxy groups -OCH3 is 2. The molecule has 5 nitrogen and oxygen atoms in total. The molecule has 5 heteroatoms. The van der Waals surface area contributed by atoms with Gasteiger partial charge in [0.15, 0.2) is 0 Å². The largest absolute Gasteiger partial charge is 0.497 e. The first-order chi connectivity index (χ1) is 12.3. The lowest BCUT2D eigenvalue weighted by molar-refractivity contribution is -0.115. The van der Waals surface area contributed by atoms with E-state index in [0.717, 1.165) is 5.56 Å². The number of ether oxygens (including phenoxy) is 2. The molecule has 0 bridgehead atoms. The molecule has 1 atom stereocenters. The monoisotopic (exact) mass is 356 g/mol. The predicted molar refractivity (Wildman–Crippen MR) is 105 cm³/mol. The molecule has 0 spiro atoms. The van der Waals surface area contributed by atoms with E-state index in [1.54, 1.807) is 32.4 Å². The van der Waals surface area contributed by atoms with Gasteiger partial charge in [-0.1, -0.05) is 51.1 Å². The quantitative estimate of drug-likeness (QED) is 0.787. The Morgan fingerprint density at radius 1 is 1.00 bits per heavy atom. The molecule has 1 unspecified atom stereocenters. The summed E-state index contributed by atoms with van der Waals surface area (Å²) in [6.07, 6.45) is 0. The molecule has 1 amide bonds. The molecule has 2 N–H and O–H groups in total. The normalized spacial score (nSPS) is 12.3. The maximum atomic E-state index is 12.4. The van der Waals surface area contributed by atoms with Gasteiger partial charge in [-0.15, -0.1) is 0 Å². The third-order valence-electron chi connectivity index (χ3n) is 4.10. The van der Waals surface area contributed by atoms with Gasteiger partial charge in [0.25, 0.3) is 0 Å². The van der Waals surface area contributed by atoms with Crippen LogP contribution in [0.5, 0.6) is 11.5 Å². The number of amides is 1. The summed E-state index contributed by atoms with van der Waals surface area (Å²) in [5.74, 6) is 1.14. The number of anilines is 1. The van der Waals surface area contributed by atoms with Crippen LogP contribution in [0.15, 0.2) is 48.5 Å². The van der Waals surface area contributed by atoms with Gasteiger partial charge in [-0.3, -0.25) is 4.79 Å². The van der Waals surface area contributed by atoms with Crippen molar-refractivity contribution in [2.75, 3.05) is 26.1 Å². The van der Waals surface area contributed by atoms with E-state index in [2.05, 4.69) is 43.5 Å². The highest BCUT2D eigenvalue weighted by atomic mass is 16.5. The lowest BCUT2D eigenvalue weighted by atomic mass is 9.82. The van der Waals surface area contributed by atoms with E-state index >= 15 is 0 Å². The number of nitrogens with one attached hydrogen (secondary N) is 2. The fourth-order valence-corrected chi connectivity index (χ4v) is 2.85. The topological polar surface area (TPSA) is 59.6 Å². The number of benzene rings is 2. The van der Waals surface area contributed by atoms with Crippen molar-refractivity contribution in [2.45, 2.75) is 26.8 Å². The molecule has 0 heterocycles. The summed E-state index contributed by atoms with van der Waals surface area (Å²) >= 11 is 0. The molecule has 0 radical (unpaired) electrons. The molecule has 2 rings (SSSR count). The Balaban J connectivity index is 2.05. The van der Waals surface area contributed by atoms with E-state index in [9.17, 15) is 4.79 Å². The Labute approximate surface area is 155 Å². The Morgan fingerprint density at radius 3 is 2.08 bits per heavy atom. The van der Waals surface area contributed by atoms with E-state index in [1.165, 1.54) is 0 Å². The maximum absolute atomic E-state index is 12.4. The fourth-order valence-electron chi connectivity index (χ4n) is 2.85. The van der Waals surface area contributed by atoms with Crippen LogP contribution >= 0.6 is 0 Å². The first kappa shape index (κ1) is 19.8. The third-order valence-corrected chi connectivity index (χ3v) is 4.10. The first-order valence-electron chi connectivity index (χ1n) is 8.64. The van der Waals surface area contributed by atoms with Crippen LogP contribution in [0.25, 0.3) is 0 Å². The van der Waals surface area contributed by atoms with Crippen LogP contribution in [0.4, 0.5) is 5.69 Å². The molecule has 0 aliphatic heterocycles. The van der Waals surface area contributed by atoms with E-state index < -0.39 is 0 Å². The summed E-state index contributed by atoms with van der Waals surface area (Å²) < 4.78 is 10.5. The lowest BCUT2D eigenvalue weighted by Gasteiger charge is -2.32. The number of hydrogen-bond donors (Lipinski definition) is 2. The molecule has 0 aliphatic rings. The second-order valence-corrected chi connectivity index (χ2v) is 7.24. The van der Waals surface area contributed by atoms with Gasteiger partial charge in [0.1, 0.15) is 11.5 Å². The maximum Gasteiger partial charge on any atom is 0.238 e. The Morgan fingerprint density at radius 2 is 1.58 bits per heavy atom. The number of carbonyl (C=O) groups excluding carboxylic acids is 1. The van der Waals surface area contributed by atoms with Crippen molar-refractivity contribution in [3.63, 3.8) is 0 Å². The van der Waals surface area contributed by atoms with Crippen molar-refractivity contribution in [1.82, 2.24) is 5.32 Å². The van der Waals surface area contributed by atoms with Gasteiger partial charge in [0.05, 0.1) is 20.8 Å². The van der Waals surface area contributed by atoms with Crippen molar-refractivity contribution in [3.05, 3.63) is 54.1 Å². The number of hydrogen-bond acceptors (Lipinski definition) is 4. The first-order valence-corrected chi connectivity index (χ1v) is 8.64. The van der Waals surface area contributed by atoms with Crippen LogP contribution in [0.3, 0.4) is 0 Å². The predicted octanol–water partition coefficient (Wildman–Crippen LogP) is 4.02. The van der Waals surface area contributed by atoms with Gasteiger partial charge >= 0.3 is 0 Å². The van der Waals surface area contributed by atoms with Crippen molar-refractivity contribution >= 4 is 11.6 Å². The van der Waals surface area contributed by atoms with Crippen molar-refractivity contribution in [1.29, 1.82) is 0 Å². The molecule has 0 saturated carbocycles. The van der Waals surface area contributed by atoms with Gasteiger partial charge in [-0.25, -0.2) is 0 Å². The highest BCUT2D eigenvalue weighted by molar-refractivity contribution is 5.92. The average Bonchev–Trinajstić information content (AvgIpc) is 2.61. The fraction of sp³-hybridized carbons (Fsp3) is 0.381. The summed E-state index contributed by atoms with van der Waals surface area (Å²) in [6.45, 7) is 6.67. The van der Waals surface area contributed by atoms with Gasteiger partial charge in [0.2, 0.25) is 5.91 Å². The minimum absolute atomic E-state index is 0.0270. The summed E-state index contributed by atoms with van der Waals surface area (Å²) in [4.78, 5) is 12.4. The Hall–Kier alpha value is -2.53. The SMILES string of the molecule is COc1cc(NC(=O)CNC(c2ccccc2)C(C)(C)C)cc(OC)c1. The smallest absolute Gasteiger partial charge is 0.238 e. The van der Waals surface area contributed by atoms with Gasteiger partial charge in [-0.05, 0) is 11.0 Å². The zero-order chi connectivity index (χ0) is 19.2. The molecule has 0 fully saturated rings. The molecule has 2 aromatic rings. The van der Waals surface area contributed by atoms with E-state index in [0.29, 0.717) is 17.2 Å². The minimum atomic E-state index is -0.120. The molecule has 140 valence electrons. The van der Waals surface area contributed by atoms with Crippen LogP contribution in [0.1, 0.15) is 32.4 Å². The highest BCUT2D eigenvalue weighted by Gasteiger charge is 2.26. The Kier molecular flexibility index (Phi) is 6.64. The van der Waals surface area contributed by atoms with E-state index in [4.69, 9.17) is 9.47 Å². The van der Waals surface area contributed by atoms with Crippen LogP contribution in [0, 0.1) is 5.41 Å². The molecule has 2 aromatic carbocycles. The van der Waals surface area contributed by atoms with Gasteiger partial charge < -0.3 is 20.1 Å². The van der Waals surface area contributed by atoms with Crippen molar-refractivity contribution in [3.8, 4) is 11.5 Å². The van der Waals surface area contributed by atoms with E-state index in [1.807, 2.05) is 18.2 Å². The minimum Gasteiger partial charge on any atom is -0.497 e. The van der Waals surface area contributed by atoms with Crippen LogP contribution in [-0.2, 0) is 4.79 Å². The average molecular weight is 356 g/mol. The second-order valence-electron chi connectivity index (χ2n) is 7.24. The van der Waals surface area contributed by atoms with Crippen LogP contribution in [-0.4, -0.2) is 26.7 Å². The van der Waals surface area contributed by atoms with Crippen LogP contribution in [0.2, 0.25) is 0 Å². The molecular weight excluding hydrogens is 328 g/mol. The Bertz CT molecular complexity index is 702. The second kappa shape index (κ2) is 8.72. The number of carbonyl (C=O) groups is 1. The molecule has 0 aromatic heterocycles. The van der Waals surface area contributed by atoms with E-state index in [-0.39, 0.29) is 23.9 Å². The molecular formula is C21H28N2O3. The summed E-state index contributed by atoms with van der Waals surface area (Å²) in [6, 6.07) is 15.5. The molecule has 0 saturated heterocycles. The van der Waals surface area contributed by atoms with Gasteiger partial charge in [-0.2, -0.15) is 0 Å².